The van der Waals surface area contributed by atoms with E-state index in [4.69, 9.17) is 15.3 Å². The minimum absolute atomic E-state index is 0.389. The topological polar surface area (TPSA) is 77.8 Å². The minimum atomic E-state index is -0.584. The first kappa shape index (κ1) is 10.5. The van der Waals surface area contributed by atoms with Crippen molar-refractivity contribution in [2.75, 3.05) is 0 Å². The highest BCUT2D eigenvalue weighted by atomic mass is 32.1. The Hall–Kier alpha value is -1.62. The van der Waals surface area contributed by atoms with Gasteiger partial charge in [-0.3, -0.25) is 4.79 Å². The average molecular weight is 212 g/mol. The molecule has 4 nitrogen and oxygen atoms in total. The van der Waals surface area contributed by atoms with Gasteiger partial charge in [-0.2, -0.15) is 0 Å². The van der Waals surface area contributed by atoms with Gasteiger partial charge in [-0.1, -0.05) is 6.08 Å². The zero-order chi connectivity index (χ0) is 10.7. The zero-order valence-corrected chi connectivity index (χ0v) is 7.90. The van der Waals surface area contributed by atoms with E-state index in [0.717, 1.165) is 6.08 Å². The van der Waals surface area contributed by atoms with E-state index in [2.05, 4.69) is 12.6 Å². The van der Waals surface area contributed by atoms with Gasteiger partial charge in [-0.15, -0.1) is 12.6 Å². The first-order valence-corrected chi connectivity index (χ1v) is 4.11. The third-order valence-corrected chi connectivity index (χ3v) is 1.66. The maximum absolute atomic E-state index is 10.5. The number of carbonyl (C=O) groups is 1. The summed E-state index contributed by atoms with van der Waals surface area (Å²) in [5.41, 5.74) is 0.389. The van der Waals surface area contributed by atoms with Crippen LogP contribution in [0.3, 0.4) is 0 Å². The smallest absolute Gasteiger partial charge is 0.209 e. The van der Waals surface area contributed by atoms with Crippen molar-refractivity contribution < 1.29 is 20.1 Å². The molecule has 0 aliphatic carbocycles. The van der Waals surface area contributed by atoms with Crippen LogP contribution in [0.4, 0.5) is 0 Å². The summed E-state index contributed by atoms with van der Waals surface area (Å²) in [6.45, 7) is 0. The van der Waals surface area contributed by atoms with Gasteiger partial charge < -0.3 is 15.3 Å². The Bertz CT molecular complexity index is 375. The van der Waals surface area contributed by atoms with Crippen molar-refractivity contribution in [1.29, 1.82) is 0 Å². The molecule has 1 aromatic rings. The van der Waals surface area contributed by atoms with Gasteiger partial charge in [0.15, 0.2) is 17.2 Å². The molecule has 0 atom stereocenters. The van der Waals surface area contributed by atoms with Gasteiger partial charge in [-0.05, 0) is 23.8 Å². The van der Waals surface area contributed by atoms with Crippen LogP contribution in [-0.2, 0) is 4.79 Å². The lowest BCUT2D eigenvalue weighted by atomic mass is 10.1. The van der Waals surface area contributed by atoms with Crippen LogP contribution in [0.1, 0.15) is 5.56 Å². The standard InChI is InChI=1S/C9H8O4S/c10-6-3-5(1-2-8(12)14)4-7(11)9(6)13/h1-4,10-11,13H,(H,12,14). The molecule has 5 heteroatoms. The lowest BCUT2D eigenvalue weighted by Gasteiger charge is -2.01. The number of phenols is 3. The van der Waals surface area contributed by atoms with Crippen LogP contribution < -0.4 is 0 Å². The molecule has 1 aromatic carbocycles. The van der Waals surface area contributed by atoms with Crippen LogP contribution in [-0.4, -0.2) is 20.4 Å². The summed E-state index contributed by atoms with van der Waals surface area (Å²) in [4.78, 5) is 10.5. The first-order valence-electron chi connectivity index (χ1n) is 3.66. The molecule has 14 heavy (non-hydrogen) atoms. The van der Waals surface area contributed by atoms with E-state index in [1.54, 1.807) is 0 Å². The number of phenolic OH excluding ortho intramolecular Hbond substituents is 3. The molecule has 0 amide bonds. The molecule has 0 aliphatic heterocycles. The number of benzene rings is 1. The van der Waals surface area contributed by atoms with Gasteiger partial charge >= 0.3 is 0 Å². The fourth-order valence-electron chi connectivity index (χ4n) is 0.889. The zero-order valence-electron chi connectivity index (χ0n) is 7.01. The Balaban J connectivity index is 3.07. The van der Waals surface area contributed by atoms with Gasteiger partial charge in [0.25, 0.3) is 0 Å². The molecule has 0 aliphatic rings. The highest BCUT2D eigenvalue weighted by Crippen LogP contribution is 2.35. The fourth-order valence-corrected chi connectivity index (χ4v) is 0.964. The molecule has 3 N–H and O–H groups in total. The van der Waals surface area contributed by atoms with Crippen LogP contribution in [0, 0.1) is 0 Å². The quantitative estimate of drug-likeness (QED) is 0.338. The molecule has 0 saturated carbocycles. The van der Waals surface area contributed by atoms with Gasteiger partial charge in [0.05, 0.1) is 0 Å². The average Bonchev–Trinajstić information content (AvgIpc) is 2.10. The maximum atomic E-state index is 10.5. The lowest BCUT2D eigenvalue weighted by molar-refractivity contribution is -0.106. The van der Waals surface area contributed by atoms with Gasteiger partial charge in [0.1, 0.15) is 0 Å². The Labute approximate surface area is 85.5 Å². The molecule has 0 fully saturated rings. The third-order valence-electron chi connectivity index (χ3n) is 1.51. The minimum Gasteiger partial charge on any atom is -0.504 e. The van der Waals surface area contributed by atoms with E-state index in [1.165, 1.54) is 18.2 Å². The first-order chi connectivity index (χ1) is 6.50. The monoisotopic (exact) mass is 212 g/mol. The normalized spacial score (nSPS) is 10.6. The molecule has 0 spiro atoms. The molecular weight excluding hydrogens is 204 g/mol. The number of carbonyl (C=O) groups excluding carboxylic acids is 1. The maximum Gasteiger partial charge on any atom is 0.209 e. The lowest BCUT2D eigenvalue weighted by Crippen LogP contribution is -1.78. The van der Waals surface area contributed by atoms with Crippen molar-refractivity contribution in [2.24, 2.45) is 0 Å². The Kier molecular flexibility index (Phi) is 3.03. The second kappa shape index (κ2) is 4.06. The largest absolute Gasteiger partial charge is 0.504 e. The Morgan fingerprint density at radius 3 is 2.14 bits per heavy atom. The second-order valence-electron chi connectivity index (χ2n) is 2.58. The van der Waals surface area contributed by atoms with E-state index in [9.17, 15) is 4.79 Å². The van der Waals surface area contributed by atoms with Crippen molar-refractivity contribution in [3.05, 3.63) is 23.8 Å². The summed E-state index contributed by atoms with van der Waals surface area (Å²) >= 11 is 3.50. The predicted molar refractivity (Wildman–Crippen MR) is 54.5 cm³/mol. The van der Waals surface area contributed by atoms with Crippen molar-refractivity contribution in [3.8, 4) is 17.2 Å². The predicted octanol–water partition coefficient (Wildman–Crippen LogP) is 1.27. The second-order valence-corrected chi connectivity index (χ2v) is 3.02. The molecule has 74 valence electrons. The van der Waals surface area contributed by atoms with Crippen LogP contribution in [0.5, 0.6) is 17.2 Å². The molecule has 0 unspecified atom stereocenters. The number of hydrogen-bond acceptors (Lipinski definition) is 4. The SMILES string of the molecule is O=C(S)C=Cc1cc(O)c(O)c(O)c1. The summed E-state index contributed by atoms with van der Waals surface area (Å²) in [6.07, 6.45) is 2.52. The number of thiol groups is 1. The number of aromatic hydroxyl groups is 3. The number of hydrogen-bond donors (Lipinski definition) is 4. The van der Waals surface area contributed by atoms with Crippen LogP contribution in [0.25, 0.3) is 6.08 Å². The molecule has 0 bridgehead atoms. The van der Waals surface area contributed by atoms with Crippen molar-refractivity contribution in [3.63, 3.8) is 0 Å². The fraction of sp³-hybridized carbons (Fsp3) is 0. The Morgan fingerprint density at radius 2 is 1.71 bits per heavy atom. The summed E-state index contributed by atoms with van der Waals surface area (Å²) in [6, 6.07) is 2.42. The van der Waals surface area contributed by atoms with E-state index >= 15 is 0 Å². The third kappa shape index (κ3) is 2.43. The Morgan fingerprint density at radius 1 is 1.21 bits per heavy atom. The van der Waals surface area contributed by atoms with Crippen molar-refractivity contribution in [2.45, 2.75) is 0 Å². The van der Waals surface area contributed by atoms with E-state index in [-0.39, 0.29) is 0 Å². The summed E-state index contributed by atoms with van der Waals surface area (Å²) in [5.74, 6) is -1.48. The molecule has 0 radical (unpaired) electrons. The molecule has 0 heterocycles. The van der Waals surface area contributed by atoms with Crippen molar-refractivity contribution in [1.82, 2.24) is 0 Å². The molecule has 0 saturated heterocycles. The summed E-state index contributed by atoms with van der Waals surface area (Å²) < 4.78 is 0. The van der Waals surface area contributed by atoms with Gasteiger partial charge in [0.2, 0.25) is 5.12 Å². The van der Waals surface area contributed by atoms with E-state index < -0.39 is 22.4 Å². The van der Waals surface area contributed by atoms with Gasteiger partial charge in [0, 0.05) is 0 Å². The summed E-state index contributed by atoms with van der Waals surface area (Å²) in [5, 5.41) is 26.8. The van der Waals surface area contributed by atoms with E-state index in [0.29, 0.717) is 5.56 Å². The van der Waals surface area contributed by atoms with Crippen LogP contribution >= 0.6 is 12.6 Å². The van der Waals surface area contributed by atoms with Crippen LogP contribution in [0.15, 0.2) is 18.2 Å². The van der Waals surface area contributed by atoms with E-state index in [1.807, 2.05) is 0 Å². The van der Waals surface area contributed by atoms with Gasteiger partial charge in [-0.25, -0.2) is 0 Å². The van der Waals surface area contributed by atoms with Crippen LogP contribution in [0.2, 0.25) is 0 Å². The highest BCUT2D eigenvalue weighted by Gasteiger charge is 2.06. The molecule has 0 aromatic heterocycles. The molecule has 1 rings (SSSR count). The summed E-state index contributed by atoms with van der Waals surface area (Å²) in [7, 11) is 0. The molecular formula is C9H8O4S. The highest BCUT2D eigenvalue weighted by molar-refractivity contribution is 7.97. The number of rotatable bonds is 2. The van der Waals surface area contributed by atoms with Crippen molar-refractivity contribution >= 4 is 23.8 Å².